The fraction of sp³-hybridized carbons (Fsp3) is 0.591. The second kappa shape index (κ2) is 18.5. The Morgan fingerprint density at radius 1 is 0.667 bits per heavy atom. The molecule has 2 aliphatic rings. The highest BCUT2D eigenvalue weighted by molar-refractivity contribution is 5.70. The van der Waals surface area contributed by atoms with E-state index in [1.807, 2.05) is 78.2 Å². The molecule has 0 radical (unpaired) electrons. The average Bonchev–Trinajstić information content (AvgIpc) is 3.82. The number of hydrogen-bond acceptors (Lipinski definition) is 10. The first-order valence-corrected chi connectivity index (χ1v) is 20.0. The molecule has 2 aliphatic heterocycles. The zero-order chi connectivity index (χ0) is 38.9. The number of ether oxygens (including phenoxy) is 2. The van der Waals surface area contributed by atoms with Crippen LogP contribution in [0.25, 0.3) is 0 Å². The number of likely N-dealkylation sites (N-methyl/N-ethyl adjacent to an activating group) is 2. The first-order valence-electron chi connectivity index (χ1n) is 20.0. The Hall–Kier alpha value is -4.02. The Kier molecular flexibility index (Phi) is 14.1. The quantitative estimate of drug-likeness (QED) is 0.137. The van der Waals surface area contributed by atoms with Gasteiger partial charge in [0.2, 0.25) is 0 Å². The summed E-state index contributed by atoms with van der Waals surface area (Å²) < 4.78 is 11.3. The van der Waals surface area contributed by atoms with E-state index < -0.39 is 0 Å². The molecule has 294 valence electrons. The minimum atomic E-state index is -0.171. The van der Waals surface area contributed by atoms with E-state index in [0.29, 0.717) is 24.9 Å². The van der Waals surface area contributed by atoms with Crippen molar-refractivity contribution in [2.45, 2.75) is 119 Å². The molecule has 0 bridgehead atoms. The van der Waals surface area contributed by atoms with Crippen LogP contribution in [0.3, 0.4) is 0 Å². The number of anilines is 2. The van der Waals surface area contributed by atoms with E-state index >= 15 is 0 Å². The van der Waals surface area contributed by atoms with Gasteiger partial charge < -0.3 is 19.3 Å². The zero-order valence-electron chi connectivity index (χ0n) is 34.1. The van der Waals surface area contributed by atoms with Gasteiger partial charge in [0, 0.05) is 74.9 Å². The van der Waals surface area contributed by atoms with E-state index in [0.717, 1.165) is 88.0 Å². The topological polar surface area (TPSA) is 91.3 Å². The molecule has 2 unspecified atom stereocenters. The maximum absolute atomic E-state index is 12.4. The lowest BCUT2D eigenvalue weighted by atomic mass is 9.92. The van der Waals surface area contributed by atoms with Crippen LogP contribution < -0.4 is 9.80 Å². The molecule has 5 rings (SSSR count). The second-order valence-electron chi connectivity index (χ2n) is 17.5. The molecule has 10 nitrogen and oxygen atoms in total. The summed E-state index contributed by atoms with van der Waals surface area (Å²) >= 11 is 0. The molecule has 0 aliphatic carbocycles. The first-order chi connectivity index (χ1) is 25.7. The van der Waals surface area contributed by atoms with Crippen molar-refractivity contribution in [3.8, 4) is 0 Å². The lowest BCUT2D eigenvalue weighted by Gasteiger charge is -2.29. The molecular formula is C44H64N6O4. The monoisotopic (exact) mass is 740 g/mol. The van der Waals surface area contributed by atoms with Crippen molar-refractivity contribution >= 4 is 23.6 Å². The fourth-order valence-corrected chi connectivity index (χ4v) is 7.62. The average molecular weight is 741 g/mol. The lowest BCUT2D eigenvalue weighted by Crippen LogP contribution is -2.37. The number of carbonyl (C=O) groups excluding carboxylic acids is 2. The first kappa shape index (κ1) is 41.1. The van der Waals surface area contributed by atoms with Crippen molar-refractivity contribution in [2.75, 3.05) is 49.1 Å². The van der Waals surface area contributed by atoms with Crippen LogP contribution in [0, 0.1) is 10.8 Å². The third kappa shape index (κ3) is 12.0. The molecule has 0 amide bonds. The summed E-state index contributed by atoms with van der Waals surface area (Å²) in [6.45, 7) is 24.7. The highest BCUT2D eigenvalue weighted by Gasteiger charge is 2.31. The Labute approximate surface area is 324 Å². The van der Waals surface area contributed by atoms with Gasteiger partial charge in [0.25, 0.3) is 0 Å². The number of hydrogen-bond donors (Lipinski definition) is 0. The molecule has 2 atom stereocenters. The molecule has 2 fully saturated rings. The molecule has 1 aromatic carbocycles. The molecule has 2 aromatic heterocycles. The minimum Gasteiger partial charge on any atom is -0.461 e. The fourth-order valence-electron chi connectivity index (χ4n) is 7.62. The predicted octanol–water partition coefficient (Wildman–Crippen LogP) is 7.64. The summed E-state index contributed by atoms with van der Waals surface area (Å²) in [7, 11) is 0. The number of benzene rings is 1. The molecule has 54 heavy (non-hydrogen) atoms. The Balaban J connectivity index is 1.13. The summed E-state index contributed by atoms with van der Waals surface area (Å²) in [5, 5.41) is 0. The zero-order valence-corrected chi connectivity index (χ0v) is 34.1. The molecule has 2 saturated heterocycles. The molecule has 0 saturated carbocycles. The van der Waals surface area contributed by atoms with Gasteiger partial charge in [0.05, 0.1) is 12.8 Å². The van der Waals surface area contributed by atoms with Gasteiger partial charge in [-0.15, -0.1) is 0 Å². The summed E-state index contributed by atoms with van der Waals surface area (Å²) in [5.41, 5.74) is 4.36. The van der Waals surface area contributed by atoms with Gasteiger partial charge in [-0.3, -0.25) is 19.4 Å². The van der Waals surface area contributed by atoms with Gasteiger partial charge in [-0.1, -0.05) is 91.8 Å². The molecule has 0 N–H and O–H groups in total. The SMILES string of the molecule is CCN(Cc1ccc(CN(CC)C2CCN(c3ncccc3COC(=O)CC(C)(C)C)C2)cc1)C1CCN(c2ncccc2COC(=O)CC(C)(C)C)C1. The largest absolute Gasteiger partial charge is 0.461 e. The van der Waals surface area contributed by atoms with Crippen LogP contribution in [0.15, 0.2) is 60.9 Å². The van der Waals surface area contributed by atoms with Crippen LogP contribution in [0.1, 0.15) is 103 Å². The van der Waals surface area contributed by atoms with E-state index in [4.69, 9.17) is 19.4 Å². The van der Waals surface area contributed by atoms with E-state index in [1.54, 1.807) is 0 Å². The van der Waals surface area contributed by atoms with Crippen LogP contribution >= 0.6 is 0 Å². The van der Waals surface area contributed by atoms with Crippen molar-refractivity contribution in [3.05, 3.63) is 83.2 Å². The van der Waals surface area contributed by atoms with Crippen molar-refractivity contribution in [2.24, 2.45) is 10.8 Å². The van der Waals surface area contributed by atoms with Crippen LogP contribution in [0.4, 0.5) is 11.6 Å². The summed E-state index contributed by atoms with van der Waals surface area (Å²) in [6.07, 6.45) is 6.58. The standard InChI is InChI=1S/C44H64N6O4/c1-9-47(37-19-23-49(29-37)41-35(13-11-21-45-41)31-53-39(51)25-43(3,4)5)27-33-15-17-34(18-16-33)28-48(10-2)38-20-24-50(30-38)42-36(14-12-22-46-42)32-54-40(52)26-44(6,7)8/h11-18,21-22,37-38H,9-10,19-20,23-32H2,1-8H3. The van der Waals surface area contributed by atoms with E-state index in [2.05, 4.69) is 57.7 Å². The van der Waals surface area contributed by atoms with Gasteiger partial charge in [0.1, 0.15) is 24.8 Å². The Bertz CT molecular complexity index is 1540. The van der Waals surface area contributed by atoms with Crippen molar-refractivity contribution < 1.29 is 19.1 Å². The second-order valence-corrected chi connectivity index (χ2v) is 17.5. The van der Waals surface area contributed by atoms with Gasteiger partial charge in [-0.05, 0) is 60.0 Å². The summed E-state index contributed by atoms with van der Waals surface area (Å²) in [6, 6.07) is 17.9. The highest BCUT2D eigenvalue weighted by atomic mass is 16.5. The number of carbonyl (C=O) groups is 2. The molecular weight excluding hydrogens is 677 g/mol. The molecule has 4 heterocycles. The van der Waals surface area contributed by atoms with E-state index in [-0.39, 0.29) is 36.0 Å². The van der Waals surface area contributed by atoms with Gasteiger partial charge in [-0.25, -0.2) is 9.97 Å². The summed E-state index contributed by atoms with van der Waals surface area (Å²) in [5.74, 6) is 1.51. The predicted molar refractivity (Wildman–Crippen MR) is 216 cm³/mol. The Morgan fingerprint density at radius 2 is 1.06 bits per heavy atom. The van der Waals surface area contributed by atoms with Crippen molar-refractivity contribution in [1.82, 2.24) is 19.8 Å². The van der Waals surface area contributed by atoms with Crippen LogP contribution in [-0.4, -0.2) is 83.1 Å². The third-order valence-corrected chi connectivity index (χ3v) is 10.4. The number of nitrogens with zero attached hydrogens (tertiary/aromatic N) is 6. The number of aromatic nitrogens is 2. The summed E-state index contributed by atoms with van der Waals surface area (Å²) in [4.78, 5) is 44.1. The maximum Gasteiger partial charge on any atom is 0.306 e. The Morgan fingerprint density at radius 3 is 1.41 bits per heavy atom. The van der Waals surface area contributed by atoms with Crippen molar-refractivity contribution in [1.29, 1.82) is 0 Å². The van der Waals surface area contributed by atoms with E-state index in [9.17, 15) is 9.59 Å². The normalized spacial score (nSPS) is 17.8. The lowest BCUT2D eigenvalue weighted by molar-refractivity contribution is -0.148. The van der Waals surface area contributed by atoms with Crippen molar-refractivity contribution in [3.63, 3.8) is 0 Å². The third-order valence-electron chi connectivity index (χ3n) is 10.4. The highest BCUT2D eigenvalue weighted by Crippen LogP contribution is 2.29. The van der Waals surface area contributed by atoms with Gasteiger partial charge >= 0.3 is 11.9 Å². The number of rotatable bonds is 16. The van der Waals surface area contributed by atoms with E-state index in [1.165, 1.54) is 11.1 Å². The van der Waals surface area contributed by atoms with Crippen LogP contribution in [0.5, 0.6) is 0 Å². The minimum absolute atomic E-state index is 0.103. The number of pyridine rings is 2. The maximum atomic E-state index is 12.4. The molecule has 0 spiro atoms. The number of esters is 2. The molecule has 3 aromatic rings. The van der Waals surface area contributed by atoms with Gasteiger partial charge in [-0.2, -0.15) is 0 Å². The molecule has 10 heteroatoms. The smallest absolute Gasteiger partial charge is 0.306 e. The van der Waals surface area contributed by atoms with Crippen LogP contribution in [0.2, 0.25) is 0 Å². The van der Waals surface area contributed by atoms with Crippen LogP contribution in [-0.2, 0) is 45.4 Å². The van der Waals surface area contributed by atoms with Gasteiger partial charge in [0.15, 0.2) is 0 Å².